The van der Waals surface area contributed by atoms with Crippen molar-refractivity contribution in [1.82, 2.24) is 0 Å². The summed E-state index contributed by atoms with van der Waals surface area (Å²) in [5.74, 6) is 0. The lowest BCUT2D eigenvalue weighted by molar-refractivity contribution is 0.584. The first-order valence-corrected chi connectivity index (χ1v) is 20.3. The van der Waals surface area contributed by atoms with E-state index in [4.69, 9.17) is 6.58 Å². The van der Waals surface area contributed by atoms with Gasteiger partial charge in [-0.3, -0.25) is 0 Å². The summed E-state index contributed by atoms with van der Waals surface area (Å²) in [6.45, 7) is 20.8. The Labute approximate surface area is 204 Å². The molecule has 0 atom stereocenters. The van der Waals surface area contributed by atoms with E-state index in [-0.39, 0.29) is 0 Å². The summed E-state index contributed by atoms with van der Waals surface area (Å²) in [7, 11) is -2.92. The lowest BCUT2D eigenvalue weighted by atomic mass is 10.1. The first kappa shape index (κ1) is 29.4. The van der Waals surface area contributed by atoms with Crippen molar-refractivity contribution in [3.05, 3.63) is 30.3 Å². The van der Waals surface area contributed by atoms with Crippen molar-refractivity contribution in [1.29, 1.82) is 0 Å². The predicted molar refractivity (Wildman–Crippen MR) is 154 cm³/mol. The van der Waals surface area contributed by atoms with Crippen LogP contribution in [0.3, 0.4) is 0 Å². The van der Waals surface area contributed by atoms with Crippen LogP contribution in [0, 0.1) is 12.6 Å². The number of benzene rings is 1. The molecule has 0 aliphatic carbocycles. The van der Waals surface area contributed by atoms with E-state index in [2.05, 4.69) is 58.2 Å². The molecule has 0 bridgehead atoms. The topological polar surface area (TPSA) is 0 Å². The maximum absolute atomic E-state index is 6.16. The quantitative estimate of drug-likeness (QED) is 0.139. The number of rotatable bonds is 19. The molecule has 2 radical (unpaired) electrons. The second-order valence-corrected chi connectivity index (χ2v) is 21.0. The Morgan fingerprint density at radius 2 is 1.12 bits per heavy atom. The first-order valence-electron chi connectivity index (χ1n) is 13.9. The lowest BCUT2D eigenvalue weighted by Crippen LogP contribution is -2.47. The summed E-state index contributed by atoms with van der Waals surface area (Å²) < 4.78 is 0. The highest BCUT2D eigenvalue weighted by molar-refractivity contribution is 6.91. The van der Waals surface area contributed by atoms with Gasteiger partial charge in [0, 0.05) is 0 Å². The fourth-order valence-electron chi connectivity index (χ4n) is 4.94. The zero-order valence-corrected chi connectivity index (χ0v) is 24.6. The molecule has 1 aromatic carbocycles. The monoisotopic (exact) mass is 470 g/mol. The van der Waals surface area contributed by atoms with Crippen LogP contribution in [0.15, 0.2) is 12.1 Å². The highest BCUT2D eigenvalue weighted by Crippen LogP contribution is 2.21. The third-order valence-electron chi connectivity index (χ3n) is 7.43. The van der Waals surface area contributed by atoms with E-state index in [0.717, 1.165) is 0 Å². The average Bonchev–Trinajstić information content (AvgIpc) is 2.77. The molecular formula is C30H54Si2. The summed E-state index contributed by atoms with van der Waals surface area (Å²) in [6, 6.07) is 11.3. The molecule has 0 unspecified atom stereocenters. The van der Waals surface area contributed by atoms with Crippen LogP contribution in [-0.4, -0.2) is 16.1 Å². The van der Waals surface area contributed by atoms with Gasteiger partial charge in [-0.15, -0.1) is 0 Å². The molecule has 1 aromatic rings. The molecule has 0 amide bonds. The lowest BCUT2D eigenvalue weighted by Gasteiger charge is -2.28. The fraction of sp³-hybridized carbons (Fsp3) is 0.733. The summed E-state index contributed by atoms with van der Waals surface area (Å²) >= 11 is 0. The number of hydrogen-bond acceptors (Lipinski definition) is 0. The van der Waals surface area contributed by atoms with Crippen LogP contribution in [-0.2, 0) is 0 Å². The Bertz CT molecular complexity index is 630. The molecule has 0 fully saturated rings. The van der Waals surface area contributed by atoms with Crippen molar-refractivity contribution in [2.75, 3.05) is 0 Å². The van der Waals surface area contributed by atoms with E-state index >= 15 is 0 Å². The average molecular weight is 471 g/mol. The molecule has 0 heterocycles. The Hall–Kier alpha value is -0.606. The molecule has 2 heteroatoms. The van der Waals surface area contributed by atoms with Crippen LogP contribution in [0.1, 0.15) is 109 Å². The Kier molecular flexibility index (Phi) is 14.8. The van der Waals surface area contributed by atoms with Gasteiger partial charge < -0.3 is 0 Å². The SMILES string of the molecule is [CH]=Cc1cc([Si](C)(C)CCCCCCCCCC)[c]cc1[Si](C)(C)CCCCCCCC. The minimum Gasteiger partial charge on any atom is -0.0654 e. The van der Waals surface area contributed by atoms with Crippen LogP contribution < -0.4 is 10.4 Å². The minimum absolute atomic E-state index is 1.30. The third-order valence-corrected chi connectivity index (χ3v) is 14.3. The van der Waals surface area contributed by atoms with Crippen LogP contribution >= 0.6 is 0 Å². The van der Waals surface area contributed by atoms with Gasteiger partial charge >= 0.3 is 0 Å². The predicted octanol–water partition coefficient (Wildman–Crippen LogP) is 9.26. The van der Waals surface area contributed by atoms with Gasteiger partial charge in [0.1, 0.15) is 0 Å². The maximum Gasteiger partial charge on any atom is 0.0814 e. The molecule has 1 rings (SSSR count). The molecule has 32 heavy (non-hydrogen) atoms. The van der Waals surface area contributed by atoms with Crippen molar-refractivity contribution < 1.29 is 0 Å². The zero-order chi connectivity index (χ0) is 23.9. The molecular weight excluding hydrogens is 417 g/mol. The van der Waals surface area contributed by atoms with Crippen molar-refractivity contribution in [3.8, 4) is 0 Å². The van der Waals surface area contributed by atoms with Gasteiger partial charge in [-0.2, -0.15) is 0 Å². The highest BCUT2D eigenvalue weighted by Gasteiger charge is 2.28. The second-order valence-electron chi connectivity index (χ2n) is 11.4. The van der Waals surface area contributed by atoms with Gasteiger partial charge in [0.15, 0.2) is 0 Å². The van der Waals surface area contributed by atoms with Gasteiger partial charge in [-0.05, 0) is 11.6 Å². The molecule has 0 aliphatic rings. The highest BCUT2D eigenvalue weighted by atomic mass is 28.3. The summed E-state index contributed by atoms with van der Waals surface area (Å²) in [4.78, 5) is 0. The number of hydrogen-bond donors (Lipinski definition) is 0. The van der Waals surface area contributed by atoms with Gasteiger partial charge in [0.2, 0.25) is 0 Å². The fourth-order valence-corrected chi connectivity index (χ4v) is 10.2. The Morgan fingerprint density at radius 1 is 0.688 bits per heavy atom. The summed E-state index contributed by atoms with van der Waals surface area (Å²) in [6.07, 6.45) is 21.4. The zero-order valence-electron chi connectivity index (χ0n) is 22.6. The first-order chi connectivity index (χ1) is 15.3. The van der Waals surface area contributed by atoms with E-state index < -0.39 is 16.1 Å². The second kappa shape index (κ2) is 16.1. The normalized spacial score (nSPS) is 12.3. The Balaban J connectivity index is 2.61. The van der Waals surface area contributed by atoms with E-state index in [1.165, 1.54) is 118 Å². The molecule has 0 aliphatic heterocycles. The smallest absolute Gasteiger partial charge is 0.0654 e. The van der Waals surface area contributed by atoms with E-state index in [9.17, 15) is 0 Å². The van der Waals surface area contributed by atoms with Crippen molar-refractivity contribution >= 4 is 32.6 Å². The molecule has 0 saturated carbocycles. The standard InChI is InChI=1S/C30H54Si2/c1-8-11-13-15-17-18-20-21-25-31(4,5)29-23-24-30(28(10-3)27-29)32(6,7)26-22-19-16-14-12-9-2/h3,10,24,27H,8-9,11-22,25-26H2,1-2,4-7H3. The Morgan fingerprint density at radius 3 is 1.59 bits per heavy atom. The van der Waals surface area contributed by atoms with E-state index in [0.29, 0.717) is 0 Å². The summed E-state index contributed by atoms with van der Waals surface area (Å²) in [5.41, 5.74) is 1.30. The largest absolute Gasteiger partial charge is 0.0814 e. The minimum atomic E-state index is -1.47. The molecule has 0 nitrogen and oxygen atoms in total. The molecule has 0 saturated heterocycles. The third kappa shape index (κ3) is 11.0. The van der Waals surface area contributed by atoms with Gasteiger partial charge in [-0.1, -0.05) is 177 Å². The van der Waals surface area contributed by atoms with Crippen molar-refractivity contribution in [3.63, 3.8) is 0 Å². The number of unbranched alkanes of at least 4 members (excludes halogenated alkanes) is 12. The van der Waals surface area contributed by atoms with Crippen LogP contribution in [0.25, 0.3) is 6.08 Å². The van der Waals surface area contributed by atoms with Crippen LogP contribution in [0.2, 0.25) is 38.3 Å². The van der Waals surface area contributed by atoms with Crippen molar-refractivity contribution in [2.24, 2.45) is 0 Å². The van der Waals surface area contributed by atoms with Crippen molar-refractivity contribution in [2.45, 2.75) is 142 Å². The van der Waals surface area contributed by atoms with Crippen LogP contribution in [0.5, 0.6) is 0 Å². The van der Waals surface area contributed by atoms with Gasteiger partial charge in [0.25, 0.3) is 0 Å². The van der Waals surface area contributed by atoms with Crippen LogP contribution in [0.4, 0.5) is 0 Å². The van der Waals surface area contributed by atoms with Gasteiger partial charge in [-0.25, -0.2) is 0 Å². The molecule has 0 spiro atoms. The van der Waals surface area contributed by atoms with Gasteiger partial charge in [0.05, 0.1) is 16.1 Å². The van der Waals surface area contributed by atoms with E-state index in [1.807, 2.05) is 6.08 Å². The maximum atomic E-state index is 6.16. The molecule has 0 aromatic heterocycles. The summed E-state index contributed by atoms with van der Waals surface area (Å²) in [5, 5.41) is 3.00. The van der Waals surface area contributed by atoms with E-state index in [1.54, 1.807) is 0 Å². The molecule has 0 N–H and O–H groups in total. The molecule has 182 valence electrons.